The van der Waals surface area contributed by atoms with Gasteiger partial charge in [-0.3, -0.25) is 0 Å². The fourth-order valence-corrected chi connectivity index (χ4v) is 4.69. The Hall–Kier alpha value is -0.390. The van der Waals surface area contributed by atoms with Crippen LogP contribution in [0.4, 0.5) is 0 Å². The van der Waals surface area contributed by atoms with Gasteiger partial charge in [-0.1, -0.05) is 28.4 Å². The van der Waals surface area contributed by atoms with Gasteiger partial charge < -0.3 is 5.73 Å². The Balaban J connectivity index is 2.39. The molecule has 1 aliphatic carbocycles. The molecular formula is C11H14BrNO2S. The summed E-state index contributed by atoms with van der Waals surface area (Å²) in [7, 11) is -3.27. The van der Waals surface area contributed by atoms with Gasteiger partial charge in [0.15, 0.2) is 9.84 Å². The van der Waals surface area contributed by atoms with Crippen molar-refractivity contribution in [2.45, 2.75) is 35.4 Å². The Kier molecular flexibility index (Phi) is 3.37. The number of sulfone groups is 1. The second-order valence-electron chi connectivity index (χ2n) is 4.14. The van der Waals surface area contributed by atoms with Crippen LogP contribution in [0.5, 0.6) is 0 Å². The van der Waals surface area contributed by atoms with E-state index in [-0.39, 0.29) is 6.04 Å². The normalized spacial score (nSPS) is 25.9. The molecule has 2 rings (SSSR count). The summed E-state index contributed by atoms with van der Waals surface area (Å²) in [6.07, 6.45) is 2.38. The van der Waals surface area contributed by atoms with E-state index >= 15 is 0 Å². The third-order valence-electron chi connectivity index (χ3n) is 3.03. The minimum Gasteiger partial charge on any atom is -0.327 e. The molecule has 0 amide bonds. The molecule has 0 aromatic heterocycles. The van der Waals surface area contributed by atoms with Crippen LogP contribution in [0, 0.1) is 0 Å². The maximum absolute atomic E-state index is 12.3. The molecule has 16 heavy (non-hydrogen) atoms. The van der Waals surface area contributed by atoms with Crippen LogP contribution in [0.25, 0.3) is 0 Å². The van der Waals surface area contributed by atoms with E-state index in [0.717, 1.165) is 17.3 Å². The van der Waals surface area contributed by atoms with Gasteiger partial charge in [0.1, 0.15) is 0 Å². The van der Waals surface area contributed by atoms with Crippen molar-refractivity contribution in [3.05, 3.63) is 28.7 Å². The number of hydrogen-bond acceptors (Lipinski definition) is 3. The van der Waals surface area contributed by atoms with Crippen molar-refractivity contribution >= 4 is 25.8 Å². The van der Waals surface area contributed by atoms with Crippen LogP contribution >= 0.6 is 15.9 Å². The SMILES string of the molecule is NC1CCCC1S(=O)(=O)c1cccc(Br)c1. The highest BCUT2D eigenvalue weighted by molar-refractivity contribution is 9.10. The first kappa shape index (κ1) is 12.1. The molecule has 0 aliphatic heterocycles. The highest BCUT2D eigenvalue weighted by atomic mass is 79.9. The summed E-state index contributed by atoms with van der Waals surface area (Å²) < 4.78 is 25.4. The van der Waals surface area contributed by atoms with E-state index in [1.165, 1.54) is 0 Å². The lowest BCUT2D eigenvalue weighted by Gasteiger charge is -2.16. The smallest absolute Gasteiger partial charge is 0.182 e. The summed E-state index contributed by atoms with van der Waals surface area (Å²) in [5.41, 5.74) is 5.85. The molecule has 1 aromatic rings. The quantitative estimate of drug-likeness (QED) is 0.910. The number of halogens is 1. The first-order chi connectivity index (χ1) is 7.51. The Morgan fingerprint density at radius 3 is 2.62 bits per heavy atom. The number of hydrogen-bond donors (Lipinski definition) is 1. The summed E-state index contributed by atoms with van der Waals surface area (Å²) >= 11 is 3.28. The monoisotopic (exact) mass is 303 g/mol. The Bertz CT molecular complexity index is 487. The number of nitrogens with two attached hydrogens (primary N) is 1. The van der Waals surface area contributed by atoms with Gasteiger partial charge >= 0.3 is 0 Å². The van der Waals surface area contributed by atoms with Crippen LogP contribution in [-0.2, 0) is 9.84 Å². The molecule has 0 saturated heterocycles. The van der Waals surface area contributed by atoms with Crippen molar-refractivity contribution < 1.29 is 8.42 Å². The van der Waals surface area contributed by atoms with Crippen molar-refractivity contribution in [3.8, 4) is 0 Å². The standard InChI is InChI=1S/C11H14BrNO2S/c12-8-3-1-4-9(7-8)16(14,15)11-6-2-5-10(11)13/h1,3-4,7,10-11H,2,5-6,13H2. The van der Waals surface area contributed by atoms with Gasteiger partial charge in [-0.15, -0.1) is 0 Å². The van der Waals surface area contributed by atoms with Gasteiger partial charge in [-0.25, -0.2) is 8.42 Å². The van der Waals surface area contributed by atoms with E-state index in [1.54, 1.807) is 18.2 Å². The lowest BCUT2D eigenvalue weighted by Crippen LogP contribution is -2.35. The highest BCUT2D eigenvalue weighted by Gasteiger charge is 2.36. The molecule has 0 spiro atoms. The zero-order chi connectivity index (χ0) is 11.8. The van der Waals surface area contributed by atoms with E-state index in [0.29, 0.717) is 11.3 Å². The summed E-state index contributed by atoms with van der Waals surface area (Å²) in [6, 6.07) is 6.60. The third-order valence-corrected chi connectivity index (χ3v) is 5.81. The maximum Gasteiger partial charge on any atom is 0.182 e. The van der Waals surface area contributed by atoms with Crippen LogP contribution < -0.4 is 5.73 Å². The number of rotatable bonds is 2. The summed E-state index contributed by atoms with van der Waals surface area (Å²) in [5, 5.41) is -0.415. The second-order valence-corrected chi connectivity index (χ2v) is 7.22. The molecular weight excluding hydrogens is 290 g/mol. The summed E-state index contributed by atoms with van der Waals surface area (Å²) in [5.74, 6) is 0. The molecule has 2 unspecified atom stereocenters. The molecule has 0 heterocycles. The fraction of sp³-hybridized carbons (Fsp3) is 0.455. The molecule has 1 aliphatic rings. The van der Waals surface area contributed by atoms with Crippen molar-refractivity contribution in [2.24, 2.45) is 5.73 Å². The van der Waals surface area contributed by atoms with Crippen LogP contribution in [0.1, 0.15) is 19.3 Å². The van der Waals surface area contributed by atoms with Crippen molar-refractivity contribution in [1.29, 1.82) is 0 Å². The molecule has 0 bridgehead atoms. The van der Waals surface area contributed by atoms with Gasteiger partial charge in [0.2, 0.25) is 0 Å². The van der Waals surface area contributed by atoms with Gasteiger partial charge in [0, 0.05) is 10.5 Å². The van der Waals surface area contributed by atoms with Gasteiger partial charge in [0.05, 0.1) is 10.1 Å². The zero-order valence-electron chi connectivity index (χ0n) is 8.77. The van der Waals surface area contributed by atoms with Crippen molar-refractivity contribution in [3.63, 3.8) is 0 Å². The lowest BCUT2D eigenvalue weighted by molar-refractivity contribution is 0.568. The lowest BCUT2D eigenvalue weighted by atomic mass is 10.3. The van der Waals surface area contributed by atoms with E-state index in [1.807, 2.05) is 6.07 Å². The van der Waals surface area contributed by atoms with Crippen LogP contribution in [0.15, 0.2) is 33.6 Å². The number of benzene rings is 1. The fourth-order valence-electron chi connectivity index (χ4n) is 2.16. The minimum atomic E-state index is -3.27. The van der Waals surface area contributed by atoms with Gasteiger partial charge in [-0.2, -0.15) is 0 Å². The zero-order valence-corrected chi connectivity index (χ0v) is 11.2. The molecule has 5 heteroatoms. The van der Waals surface area contributed by atoms with E-state index in [9.17, 15) is 8.42 Å². The Labute approximate surface area is 104 Å². The van der Waals surface area contributed by atoms with E-state index in [2.05, 4.69) is 15.9 Å². The first-order valence-corrected chi connectivity index (χ1v) is 7.61. The molecule has 1 saturated carbocycles. The summed E-state index contributed by atoms with van der Waals surface area (Å²) in [4.78, 5) is 0.365. The second kappa shape index (κ2) is 4.47. The average molecular weight is 304 g/mol. The predicted molar refractivity (Wildman–Crippen MR) is 66.9 cm³/mol. The molecule has 0 radical (unpaired) electrons. The Morgan fingerprint density at radius 1 is 1.31 bits per heavy atom. The minimum absolute atomic E-state index is 0.219. The first-order valence-electron chi connectivity index (χ1n) is 5.27. The van der Waals surface area contributed by atoms with Crippen LogP contribution in [-0.4, -0.2) is 19.7 Å². The largest absolute Gasteiger partial charge is 0.327 e. The molecule has 2 atom stereocenters. The topological polar surface area (TPSA) is 60.2 Å². The highest BCUT2D eigenvalue weighted by Crippen LogP contribution is 2.29. The molecule has 1 aromatic carbocycles. The predicted octanol–water partition coefficient (Wildman–Crippen LogP) is 2.10. The van der Waals surface area contributed by atoms with Gasteiger partial charge in [-0.05, 0) is 31.0 Å². The average Bonchev–Trinajstić information content (AvgIpc) is 2.65. The maximum atomic E-state index is 12.3. The summed E-state index contributed by atoms with van der Waals surface area (Å²) in [6.45, 7) is 0. The van der Waals surface area contributed by atoms with Crippen molar-refractivity contribution in [1.82, 2.24) is 0 Å². The van der Waals surface area contributed by atoms with Crippen LogP contribution in [0.3, 0.4) is 0 Å². The molecule has 1 fully saturated rings. The Morgan fingerprint density at radius 2 is 2.06 bits per heavy atom. The van der Waals surface area contributed by atoms with Crippen molar-refractivity contribution in [2.75, 3.05) is 0 Å². The van der Waals surface area contributed by atoms with E-state index < -0.39 is 15.1 Å². The molecule has 3 nitrogen and oxygen atoms in total. The van der Waals surface area contributed by atoms with Gasteiger partial charge in [0.25, 0.3) is 0 Å². The molecule has 2 N–H and O–H groups in total. The third kappa shape index (κ3) is 2.17. The van der Waals surface area contributed by atoms with E-state index in [4.69, 9.17) is 5.73 Å². The van der Waals surface area contributed by atoms with Crippen LogP contribution in [0.2, 0.25) is 0 Å². The molecule has 88 valence electrons.